The van der Waals surface area contributed by atoms with Crippen molar-refractivity contribution in [1.82, 2.24) is 9.78 Å². The van der Waals surface area contributed by atoms with Crippen molar-refractivity contribution in [3.05, 3.63) is 60.3 Å². The van der Waals surface area contributed by atoms with Crippen molar-refractivity contribution in [2.45, 2.75) is 4.90 Å². The SMILES string of the molecule is CN(C=O)c1ccccc1-n1nc(C#N)cc1-c1ccc(S(C)(=O)=O)cc1. The first kappa shape index (κ1) is 18.4. The minimum Gasteiger partial charge on any atom is -0.316 e. The van der Waals surface area contributed by atoms with E-state index in [2.05, 4.69) is 5.10 Å². The predicted octanol–water partition coefficient (Wildman–Crippen LogP) is 2.41. The molecule has 3 aromatic rings. The normalized spacial score (nSPS) is 11.0. The van der Waals surface area contributed by atoms with Crippen LogP contribution in [-0.4, -0.2) is 37.9 Å². The number of rotatable bonds is 5. The number of nitrogens with zero attached hydrogens (tertiary/aromatic N) is 4. The summed E-state index contributed by atoms with van der Waals surface area (Å²) in [6.07, 6.45) is 1.83. The fourth-order valence-electron chi connectivity index (χ4n) is 2.70. The van der Waals surface area contributed by atoms with Gasteiger partial charge in [0.05, 0.1) is 22.0 Å². The molecule has 0 spiro atoms. The molecule has 3 rings (SSSR count). The molecule has 1 heterocycles. The molecule has 8 heteroatoms. The van der Waals surface area contributed by atoms with Crippen LogP contribution in [0.15, 0.2) is 59.5 Å². The third kappa shape index (κ3) is 3.59. The van der Waals surface area contributed by atoms with E-state index in [4.69, 9.17) is 0 Å². The maximum absolute atomic E-state index is 11.7. The smallest absolute Gasteiger partial charge is 0.213 e. The zero-order valence-corrected chi connectivity index (χ0v) is 15.5. The van der Waals surface area contributed by atoms with E-state index < -0.39 is 9.84 Å². The summed E-state index contributed by atoms with van der Waals surface area (Å²) in [5, 5.41) is 13.6. The molecular formula is C19H16N4O3S. The number of aromatic nitrogens is 2. The maximum atomic E-state index is 11.7. The summed E-state index contributed by atoms with van der Waals surface area (Å²) < 4.78 is 24.9. The molecule has 7 nitrogen and oxygen atoms in total. The lowest BCUT2D eigenvalue weighted by molar-refractivity contribution is -0.107. The minimum atomic E-state index is -3.31. The van der Waals surface area contributed by atoms with Crippen molar-refractivity contribution >= 4 is 21.9 Å². The first-order chi connectivity index (χ1) is 12.8. The van der Waals surface area contributed by atoms with Crippen molar-refractivity contribution < 1.29 is 13.2 Å². The molecule has 136 valence electrons. The number of carbonyl (C=O) groups is 1. The lowest BCUT2D eigenvalue weighted by atomic mass is 10.1. The summed E-state index contributed by atoms with van der Waals surface area (Å²) in [7, 11) is -1.68. The van der Waals surface area contributed by atoms with Crippen LogP contribution in [0.2, 0.25) is 0 Å². The van der Waals surface area contributed by atoms with Crippen LogP contribution in [0.25, 0.3) is 16.9 Å². The Morgan fingerprint density at radius 2 is 1.81 bits per heavy atom. The summed E-state index contributed by atoms with van der Waals surface area (Å²) in [5.74, 6) is 0. The Hall–Kier alpha value is -3.44. The Kier molecular flexibility index (Phi) is 4.79. The summed E-state index contributed by atoms with van der Waals surface area (Å²) >= 11 is 0. The summed E-state index contributed by atoms with van der Waals surface area (Å²) in [5.41, 5.74) is 2.75. The fraction of sp³-hybridized carbons (Fsp3) is 0.105. The van der Waals surface area contributed by atoms with Gasteiger partial charge in [-0.05, 0) is 24.3 Å². The lowest BCUT2D eigenvalue weighted by Crippen LogP contribution is -2.16. The maximum Gasteiger partial charge on any atom is 0.213 e. The van der Waals surface area contributed by atoms with E-state index in [1.54, 1.807) is 48.1 Å². The van der Waals surface area contributed by atoms with Gasteiger partial charge in [0, 0.05) is 24.9 Å². The van der Waals surface area contributed by atoms with Crippen molar-refractivity contribution in [2.75, 3.05) is 18.2 Å². The van der Waals surface area contributed by atoms with E-state index in [1.807, 2.05) is 12.1 Å². The Labute approximate surface area is 157 Å². The molecule has 2 aromatic carbocycles. The van der Waals surface area contributed by atoms with Crippen LogP contribution in [0, 0.1) is 11.3 Å². The average Bonchev–Trinajstić information content (AvgIpc) is 3.11. The molecule has 0 aliphatic heterocycles. The van der Waals surface area contributed by atoms with Crippen LogP contribution in [0.5, 0.6) is 0 Å². The number of amides is 1. The van der Waals surface area contributed by atoms with Crippen LogP contribution < -0.4 is 4.90 Å². The van der Waals surface area contributed by atoms with Gasteiger partial charge in [0.25, 0.3) is 0 Å². The van der Waals surface area contributed by atoms with E-state index in [0.717, 1.165) is 6.26 Å². The van der Waals surface area contributed by atoms with E-state index in [1.165, 1.54) is 17.0 Å². The quantitative estimate of drug-likeness (QED) is 0.633. The van der Waals surface area contributed by atoms with Crippen LogP contribution in [0.4, 0.5) is 5.69 Å². The van der Waals surface area contributed by atoms with Crippen LogP contribution in [0.1, 0.15) is 5.69 Å². The first-order valence-electron chi connectivity index (χ1n) is 7.93. The second-order valence-corrected chi connectivity index (χ2v) is 7.96. The van der Waals surface area contributed by atoms with E-state index >= 15 is 0 Å². The largest absolute Gasteiger partial charge is 0.316 e. The number of hydrogen-bond acceptors (Lipinski definition) is 5. The molecule has 0 saturated carbocycles. The third-order valence-electron chi connectivity index (χ3n) is 4.05. The summed E-state index contributed by atoms with van der Waals surface area (Å²) in [4.78, 5) is 12.8. The topological polar surface area (TPSA) is 96.1 Å². The van der Waals surface area contributed by atoms with Gasteiger partial charge in [0.2, 0.25) is 6.41 Å². The average molecular weight is 380 g/mol. The van der Waals surface area contributed by atoms with E-state index in [0.29, 0.717) is 29.0 Å². The Morgan fingerprint density at radius 3 is 2.41 bits per heavy atom. The zero-order chi connectivity index (χ0) is 19.6. The standard InChI is InChI=1S/C19H16N4O3S/c1-22(13-24)17-5-3-4-6-18(17)23-19(11-15(12-20)21-23)14-7-9-16(10-8-14)27(2,25)26/h3-11,13H,1-2H3. The molecule has 1 aromatic heterocycles. The molecule has 0 aliphatic carbocycles. The van der Waals surface area contributed by atoms with Gasteiger partial charge in [-0.2, -0.15) is 10.4 Å². The third-order valence-corrected chi connectivity index (χ3v) is 5.18. The van der Waals surface area contributed by atoms with Gasteiger partial charge in [0.1, 0.15) is 6.07 Å². The Morgan fingerprint density at radius 1 is 1.15 bits per heavy atom. The number of carbonyl (C=O) groups excluding carboxylic acids is 1. The van der Waals surface area contributed by atoms with Crippen molar-refractivity contribution in [3.63, 3.8) is 0 Å². The molecule has 0 radical (unpaired) electrons. The number of nitriles is 1. The highest BCUT2D eigenvalue weighted by atomic mass is 32.2. The summed E-state index contributed by atoms with van der Waals surface area (Å²) in [6.45, 7) is 0. The lowest BCUT2D eigenvalue weighted by Gasteiger charge is -2.17. The first-order valence-corrected chi connectivity index (χ1v) is 9.82. The second-order valence-electron chi connectivity index (χ2n) is 5.94. The van der Waals surface area contributed by atoms with Gasteiger partial charge < -0.3 is 4.90 Å². The van der Waals surface area contributed by atoms with Gasteiger partial charge >= 0.3 is 0 Å². The second kappa shape index (κ2) is 7.05. The van der Waals surface area contributed by atoms with Crippen LogP contribution in [-0.2, 0) is 14.6 Å². The molecule has 0 aliphatic rings. The molecule has 0 fully saturated rings. The highest BCUT2D eigenvalue weighted by Crippen LogP contribution is 2.29. The Bertz CT molecular complexity index is 1140. The van der Waals surface area contributed by atoms with Crippen molar-refractivity contribution in [2.24, 2.45) is 0 Å². The monoisotopic (exact) mass is 380 g/mol. The number of sulfone groups is 1. The molecule has 0 unspecified atom stereocenters. The van der Waals surface area contributed by atoms with Crippen LogP contribution in [0.3, 0.4) is 0 Å². The van der Waals surface area contributed by atoms with Crippen LogP contribution >= 0.6 is 0 Å². The van der Waals surface area contributed by atoms with Gasteiger partial charge in [-0.3, -0.25) is 4.79 Å². The van der Waals surface area contributed by atoms with Crippen molar-refractivity contribution in [3.8, 4) is 23.0 Å². The molecular weight excluding hydrogens is 364 g/mol. The van der Waals surface area contributed by atoms with Crippen molar-refractivity contribution in [1.29, 1.82) is 5.26 Å². The number of anilines is 1. The van der Waals surface area contributed by atoms with E-state index in [9.17, 15) is 18.5 Å². The predicted molar refractivity (Wildman–Crippen MR) is 101 cm³/mol. The van der Waals surface area contributed by atoms with E-state index in [-0.39, 0.29) is 10.6 Å². The molecule has 27 heavy (non-hydrogen) atoms. The van der Waals surface area contributed by atoms with Gasteiger partial charge in [-0.25, -0.2) is 13.1 Å². The molecule has 0 atom stereocenters. The highest BCUT2D eigenvalue weighted by molar-refractivity contribution is 7.90. The number of hydrogen-bond donors (Lipinski definition) is 0. The fourth-order valence-corrected chi connectivity index (χ4v) is 3.33. The molecule has 0 saturated heterocycles. The molecule has 0 bridgehead atoms. The molecule has 0 N–H and O–H groups in total. The Balaban J connectivity index is 2.19. The van der Waals surface area contributed by atoms with Gasteiger partial charge in [-0.1, -0.05) is 24.3 Å². The minimum absolute atomic E-state index is 0.207. The summed E-state index contributed by atoms with van der Waals surface area (Å²) in [6, 6.07) is 17.2. The molecule has 1 amide bonds. The van der Waals surface area contributed by atoms with Gasteiger partial charge in [0.15, 0.2) is 15.5 Å². The highest BCUT2D eigenvalue weighted by Gasteiger charge is 2.16. The van der Waals surface area contributed by atoms with Gasteiger partial charge in [-0.15, -0.1) is 0 Å². The number of benzene rings is 2. The zero-order valence-electron chi connectivity index (χ0n) is 14.7. The number of para-hydroxylation sites is 2.